The molecule has 7 nitrogen and oxygen atoms in total. The van der Waals surface area contributed by atoms with Crippen LogP contribution in [-0.2, 0) is 25.5 Å². The Hall–Kier alpha value is -2.41. The fourth-order valence-electron chi connectivity index (χ4n) is 2.51. The van der Waals surface area contributed by atoms with E-state index in [0.717, 1.165) is 0 Å². The molecule has 7 heteroatoms. The minimum absolute atomic E-state index is 0.0363. The third-order valence-electron chi connectivity index (χ3n) is 3.80. The van der Waals surface area contributed by atoms with Crippen molar-refractivity contribution in [2.75, 3.05) is 0 Å². The maximum atomic E-state index is 12.9. The molecule has 0 fully saturated rings. The highest BCUT2D eigenvalue weighted by Crippen LogP contribution is 2.19. The van der Waals surface area contributed by atoms with Crippen molar-refractivity contribution in [2.24, 2.45) is 11.7 Å². The summed E-state index contributed by atoms with van der Waals surface area (Å²) in [5, 5.41) is 11.8. The number of carboxylic acid groups (broad SMARTS) is 1. The van der Waals surface area contributed by atoms with Gasteiger partial charge < -0.3 is 20.9 Å². The van der Waals surface area contributed by atoms with Crippen LogP contribution in [0.3, 0.4) is 0 Å². The lowest BCUT2D eigenvalue weighted by molar-refractivity contribution is -0.165. The molecule has 1 amide bonds. The van der Waals surface area contributed by atoms with Gasteiger partial charge in [0.05, 0.1) is 0 Å². The fourth-order valence-corrected chi connectivity index (χ4v) is 2.51. The standard InChI is InChI=1S/C20H30N2O5/c1-13(2)11-15(16(23)24)22-17(25)20(21,18(26)27-19(3,4)5)12-14-9-7-6-8-10-14/h6-10,13,15H,11-12,21H2,1-5H3,(H,22,25)(H,23,24)/t15-,20-/m0/s1. The van der Waals surface area contributed by atoms with Gasteiger partial charge in [0.25, 0.3) is 5.91 Å². The number of nitrogens with two attached hydrogens (primary N) is 1. The molecule has 0 aromatic heterocycles. The minimum Gasteiger partial charge on any atom is -0.480 e. The molecule has 27 heavy (non-hydrogen) atoms. The number of amides is 1. The number of carbonyl (C=O) groups is 3. The van der Waals surface area contributed by atoms with Gasteiger partial charge in [0.2, 0.25) is 0 Å². The van der Waals surface area contributed by atoms with E-state index in [1.165, 1.54) is 0 Å². The van der Waals surface area contributed by atoms with Crippen LogP contribution in [0.5, 0.6) is 0 Å². The average molecular weight is 378 g/mol. The van der Waals surface area contributed by atoms with E-state index < -0.39 is 35.0 Å². The van der Waals surface area contributed by atoms with E-state index in [-0.39, 0.29) is 18.8 Å². The molecule has 0 aliphatic heterocycles. The average Bonchev–Trinajstić information content (AvgIpc) is 2.52. The summed E-state index contributed by atoms with van der Waals surface area (Å²) in [5.74, 6) is -2.91. The second-order valence-electron chi connectivity index (χ2n) is 8.13. The third-order valence-corrected chi connectivity index (χ3v) is 3.80. The molecule has 1 aromatic carbocycles. The van der Waals surface area contributed by atoms with Crippen molar-refractivity contribution in [3.8, 4) is 0 Å². The predicted molar refractivity (Wildman–Crippen MR) is 102 cm³/mol. The molecule has 0 saturated heterocycles. The third kappa shape index (κ3) is 7.02. The second kappa shape index (κ2) is 8.99. The summed E-state index contributed by atoms with van der Waals surface area (Å²) in [6.45, 7) is 8.70. The summed E-state index contributed by atoms with van der Waals surface area (Å²) < 4.78 is 5.35. The number of carboxylic acids is 1. The number of nitrogens with one attached hydrogen (secondary N) is 1. The first kappa shape index (κ1) is 22.6. The zero-order chi connectivity index (χ0) is 20.8. The van der Waals surface area contributed by atoms with Crippen molar-refractivity contribution >= 4 is 17.8 Å². The highest BCUT2D eigenvalue weighted by molar-refractivity contribution is 6.08. The molecule has 0 spiro atoms. The van der Waals surface area contributed by atoms with Crippen LogP contribution in [0, 0.1) is 5.92 Å². The molecule has 150 valence electrons. The minimum atomic E-state index is -2.04. The molecule has 0 saturated carbocycles. The van der Waals surface area contributed by atoms with E-state index >= 15 is 0 Å². The monoisotopic (exact) mass is 378 g/mol. The summed E-state index contributed by atoms with van der Waals surface area (Å²) >= 11 is 0. The molecule has 2 atom stereocenters. The van der Waals surface area contributed by atoms with Gasteiger partial charge in [0.1, 0.15) is 11.6 Å². The summed E-state index contributed by atoms with van der Waals surface area (Å²) in [6, 6.07) is 7.67. The first-order valence-corrected chi connectivity index (χ1v) is 8.95. The Balaban J connectivity index is 3.16. The Kier molecular flexibility index (Phi) is 7.54. The molecule has 0 unspecified atom stereocenters. The van der Waals surface area contributed by atoms with Crippen molar-refractivity contribution in [3.63, 3.8) is 0 Å². The number of benzene rings is 1. The van der Waals surface area contributed by atoms with Crippen LogP contribution >= 0.6 is 0 Å². The van der Waals surface area contributed by atoms with Gasteiger partial charge >= 0.3 is 11.9 Å². The molecular formula is C20H30N2O5. The van der Waals surface area contributed by atoms with Crippen molar-refractivity contribution in [2.45, 2.75) is 64.6 Å². The molecule has 4 N–H and O–H groups in total. The number of ether oxygens (including phenoxy) is 1. The molecular weight excluding hydrogens is 348 g/mol. The van der Waals surface area contributed by atoms with Crippen LogP contribution in [0.4, 0.5) is 0 Å². The van der Waals surface area contributed by atoms with E-state index in [4.69, 9.17) is 10.5 Å². The van der Waals surface area contributed by atoms with Crippen LogP contribution in [-0.4, -0.2) is 40.1 Å². The highest BCUT2D eigenvalue weighted by Gasteiger charge is 2.46. The topological polar surface area (TPSA) is 119 Å². The predicted octanol–water partition coefficient (Wildman–Crippen LogP) is 1.88. The maximum absolute atomic E-state index is 12.9. The SMILES string of the molecule is CC(C)C[C@H](NC(=O)[C@@](N)(Cc1ccccc1)C(=O)OC(C)(C)C)C(=O)O. The van der Waals surface area contributed by atoms with Gasteiger partial charge in [-0.25, -0.2) is 9.59 Å². The van der Waals surface area contributed by atoms with Crippen molar-refractivity contribution in [1.82, 2.24) is 5.32 Å². The Morgan fingerprint density at radius 1 is 1.15 bits per heavy atom. The lowest BCUT2D eigenvalue weighted by atomic mass is 9.89. The largest absolute Gasteiger partial charge is 0.480 e. The summed E-state index contributed by atoms with van der Waals surface area (Å²) in [5.41, 5.74) is 4.00. The van der Waals surface area contributed by atoms with Crippen molar-refractivity contribution in [1.29, 1.82) is 0 Å². The van der Waals surface area contributed by atoms with Gasteiger partial charge in [-0.15, -0.1) is 0 Å². The first-order chi connectivity index (χ1) is 12.3. The van der Waals surface area contributed by atoms with E-state index in [2.05, 4.69) is 5.32 Å². The summed E-state index contributed by atoms with van der Waals surface area (Å²) in [6.07, 6.45) is 0.111. The van der Waals surface area contributed by atoms with Gasteiger partial charge in [-0.05, 0) is 38.7 Å². The normalized spacial score (nSPS) is 14.9. The van der Waals surface area contributed by atoms with Gasteiger partial charge in [0, 0.05) is 6.42 Å². The molecule has 0 aliphatic rings. The van der Waals surface area contributed by atoms with E-state index in [1.54, 1.807) is 51.1 Å². The molecule has 1 aromatic rings. The molecule has 0 heterocycles. The molecule has 0 bridgehead atoms. The maximum Gasteiger partial charge on any atom is 0.336 e. The number of rotatable bonds is 8. The summed E-state index contributed by atoms with van der Waals surface area (Å²) in [7, 11) is 0. The first-order valence-electron chi connectivity index (χ1n) is 8.95. The zero-order valence-electron chi connectivity index (χ0n) is 16.6. The Morgan fingerprint density at radius 2 is 1.70 bits per heavy atom. The Morgan fingerprint density at radius 3 is 2.15 bits per heavy atom. The zero-order valence-corrected chi connectivity index (χ0v) is 16.6. The van der Waals surface area contributed by atoms with Gasteiger partial charge in [-0.2, -0.15) is 0 Å². The number of esters is 1. The van der Waals surface area contributed by atoms with Crippen LogP contribution < -0.4 is 11.1 Å². The number of carbonyl (C=O) groups excluding carboxylic acids is 2. The summed E-state index contributed by atoms with van der Waals surface area (Å²) in [4.78, 5) is 37.1. The van der Waals surface area contributed by atoms with E-state index in [1.807, 2.05) is 13.8 Å². The van der Waals surface area contributed by atoms with Crippen LogP contribution in [0.15, 0.2) is 30.3 Å². The Labute approximate surface area is 160 Å². The van der Waals surface area contributed by atoms with E-state index in [9.17, 15) is 19.5 Å². The Bertz CT molecular complexity index is 667. The van der Waals surface area contributed by atoms with Crippen molar-refractivity contribution in [3.05, 3.63) is 35.9 Å². The second-order valence-corrected chi connectivity index (χ2v) is 8.13. The number of hydrogen-bond donors (Lipinski definition) is 3. The molecule has 0 radical (unpaired) electrons. The number of aliphatic carboxylic acids is 1. The lowest BCUT2D eigenvalue weighted by Crippen LogP contribution is -2.64. The fraction of sp³-hybridized carbons (Fsp3) is 0.550. The molecule has 0 aliphatic carbocycles. The van der Waals surface area contributed by atoms with Crippen LogP contribution in [0.1, 0.15) is 46.6 Å². The molecule has 1 rings (SSSR count). The highest BCUT2D eigenvalue weighted by atomic mass is 16.6. The van der Waals surface area contributed by atoms with Crippen LogP contribution in [0.2, 0.25) is 0 Å². The van der Waals surface area contributed by atoms with E-state index in [0.29, 0.717) is 5.56 Å². The smallest absolute Gasteiger partial charge is 0.336 e. The van der Waals surface area contributed by atoms with Gasteiger partial charge in [0.15, 0.2) is 5.54 Å². The van der Waals surface area contributed by atoms with Crippen LogP contribution in [0.25, 0.3) is 0 Å². The van der Waals surface area contributed by atoms with Crippen molar-refractivity contribution < 1.29 is 24.2 Å². The van der Waals surface area contributed by atoms with Gasteiger partial charge in [-0.1, -0.05) is 44.2 Å². The lowest BCUT2D eigenvalue weighted by Gasteiger charge is -2.31. The quantitative estimate of drug-likeness (QED) is 0.469. The van der Waals surface area contributed by atoms with Gasteiger partial charge in [-0.3, -0.25) is 4.79 Å². The number of hydrogen-bond acceptors (Lipinski definition) is 5.